The molecule has 0 aliphatic rings. The van der Waals surface area contributed by atoms with Crippen LogP contribution >= 0.6 is 0 Å². The van der Waals surface area contributed by atoms with Crippen LogP contribution in [0.3, 0.4) is 0 Å². The summed E-state index contributed by atoms with van der Waals surface area (Å²) >= 11 is 0. The molecule has 0 fully saturated rings. The van der Waals surface area contributed by atoms with Crippen molar-refractivity contribution in [2.75, 3.05) is 26.4 Å². The largest absolute Gasteiger partial charge is 0.491 e. The summed E-state index contributed by atoms with van der Waals surface area (Å²) in [7, 11) is 0. The topological polar surface area (TPSA) is 54.3 Å². The number of benzene rings is 1. The molecule has 0 heterocycles. The standard InChI is InChI=1S/C15H22N2O2/c1-3-9-17-15(2,12-16)13-18-10-11-19-14-7-5-4-6-8-14/h4-8,17H,3,9-11,13H2,1-2H3. The maximum Gasteiger partial charge on any atom is 0.127 e. The summed E-state index contributed by atoms with van der Waals surface area (Å²) in [6, 6.07) is 11.9. The molecule has 1 rings (SSSR count). The molecule has 19 heavy (non-hydrogen) atoms. The van der Waals surface area contributed by atoms with Crippen LogP contribution in [0.1, 0.15) is 20.3 Å². The van der Waals surface area contributed by atoms with Crippen molar-refractivity contribution in [3.8, 4) is 11.8 Å². The lowest BCUT2D eigenvalue weighted by Gasteiger charge is -2.22. The molecule has 1 N–H and O–H groups in total. The predicted octanol–water partition coefficient (Wildman–Crippen LogP) is 2.36. The molecular formula is C15H22N2O2. The highest BCUT2D eigenvalue weighted by molar-refractivity contribution is 5.20. The third-order valence-corrected chi connectivity index (χ3v) is 2.64. The van der Waals surface area contributed by atoms with E-state index in [-0.39, 0.29) is 0 Å². The first-order valence-electron chi connectivity index (χ1n) is 6.62. The van der Waals surface area contributed by atoms with E-state index >= 15 is 0 Å². The molecule has 1 atom stereocenters. The molecule has 4 nitrogen and oxygen atoms in total. The number of nitrogens with one attached hydrogen (secondary N) is 1. The minimum absolute atomic E-state index is 0.363. The van der Waals surface area contributed by atoms with Crippen molar-refractivity contribution in [2.24, 2.45) is 0 Å². The van der Waals surface area contributed by atoms with Crippen LogP contribution in [0.2, 0.25) is 0 Å². The van der Waals surface area contributed by atoms with Gasteiger partial charge in [-0.2, -0.15) is 5.26 Å². The SMILES string of the molecule is CCCNC(C)(C#N)COCCOc1ccccc1. The zero-order chi connectivity index (χ0) is 14.0. The molecule has 0 aromatic heterocycles. The maximum atomic E-state index is 9.12. The Bertz CT molecular complexity index is 389. The van der Waals surface area contributed by atoms with Crippen molar-refractivity contribution in [3.05, 3.63) is 30.3 Å². The highest BCUT2D eigenvalue weighted by atomic mass is 16.5. The number of hydrogen-bond acceptors (Lipinski definition) is 4. The molecule has 1 aromatic rings. The van der Waals surface area contributed by atoms with Gasteiger partial charge in [0.2, 0.25) is 0 Å². The van der Waals surface area contributed by atoms with Gasteiger partial charge < -0.3 is 9.47 Å². The summed E-state index contributed by atoms with van der Waals surface area (Å²) < 4.78 is 11.0. The Morgan fingerprint density at radius 1 is 1.26 bits per heavy atom. The Kier molecular flexibility index (Phi) is 6.94. The van der Waals surface area contributed by atoms with E-state index < -0.39 is 5.54 Å². The van der Waals surface area contributed by atoms with Crippen LogP contribution < -0.4 is 10.1 Å². The van der Waals surface area contributed by atoms with Gasteiger partial charge in [0.15, 0.2) is 0 Å². The number of ether oxygens (including phenoxy) is 2. The maximum absolute atomic E-state index is 9.12. The third kappa shape index (κ3) is 6.23. The summed E-state index contributed by atoms with van der Waals surface area (Å²) in [5.74, 6) is 0.832. The zero-order valence-electron chi connectivity index (χ0n) is 11.7. The fraction of sp³-hybridized carbons (Fsp3) is 0.533. The van der Waals surface area contributed by atoms with Gasteiger partial charge in [-0.15, -0.1) is 0 Å². The van der Waals surface area contributed by atoms with Crippen LogP contribution in [0.25, 0.3) is 0 Å². The van der Waals surface area contributed by atoms with Gasteiger partial charge in [-0.25, -0.2) is 0 Å². The Balaban J connectivity index is 2.17. The van der Waals surface area contributed by atoms with Crippen LogP contribution in [0.5, 0.6) is 5.75 Å². The number of nitriles is 1. The number of nitrogens with zero attached hydrogens (tertiary/aromatic N) is 1. The van der Waals surface area contributed by atoms with Gasteiger partial charge in [-0.1, -0.05) is 25.1 Å². The monoisotopic (exact) mass is 262 g/mol. The number of hydrogen-bond donors (Lipinski definition) is 1. The van der Waals surface area contributed by atoms with E-state index in [0.717, 1.165) is 18.7 Å². The zero-order valence-corrected chi connectivity index (χ0v) is 11.7. The van der Waals surface area contributed by atoms with Crippen molar-refractivity contribution in [1.29, 1.82) is 5.26 Å². The minimum atomic E-state index is -0.622. The molecule has 4 heteroatoms. The molecule has 0 spiro atoms. The van der Waals surface area contributed by atoms with E-state index in [0.29, 0.717) is 19.8 Å². The fourth-order valence-electron chi connectivity index (χ4n) is 1.54. The summed E-state index contributed by atoms with van der Waals surface area (Å²) in [4.78, 5) is 0. The van der Waals surface area contributed by atoms with Crippen LogP contribution in [0, 0.1) is 11.3 Å². The van der Waals surface area contributed by atoms with E-state index in [4.69, 9.17) is 14.7 Å². The Morgan fingerprint density at radius 3 is 2.63 bits per heavy atom. The van der Waals surface area contributed by atoms with Gasteiger partial charge in [-0.3, -0.25) is 5.32 Å². The first-order valence-corrected chi connectivity index (χ1v) is 6.62. The van der Waals surface area contributed by atoms with Gasteiger partial charge in [0.05, 0.1) is 19.3 Å². The minimum Gasteiger partial charge on any atom is -0.491 e. The van der Waals surface area contributed by atoms with Crippen LogP contribution in [0.4, 0.5) is 0 Å². The average Bonchev–Trinajstić information content (AvgIpc) is 2.46. The number of para-hydroxylation sites is 1. The second kappa shape index (κ2) is 8.52. The van der Waals surface area contributed by atoms with Crippen molar-refractivity contribution in [2.45, 2.75) is 25.8 Å². The summed E-state index contributed by atoms with van der Waals surface area (Å²) in [6.45, 7) is 6.05. The average molecular weight is 262 g/mol. The van der Waals surface area contributed by atoms with Crippen molar-refractivity contribution >= 4 is 0 Å². The molecule has 0 saturated carbocycles. The Hall–Kier alpha value is -1.57. The molecular weight excluding hydrogens is 240 g/mol. The summed E-state index contributed by atoms with van der Waals surface area (Å²) in [6.07, 6.45) is 0.994. The third-order valence-electron chi connectivity index (χ3n) is 2.64. The quantitative estimate of drug-likeness (QED) is 0.694. The van der Waals surface area contributed by atoms with Gasteiger partial charge in [0, 0.05) is 0 Å². The predicted molar refractivity (Wildman–Crippen MR) is 75.1 cm³/mol. The Labute approximate surface area is 115 Å². The van der Waals surface area contributed by atoms with Crippen LogP contribution in [-0.2, 0) is 4.74 Å². The first-order chi connectivity index (χ1) is 9.20. The van der Waals surface area contributed by atoms with Crippen LogP contribution in [0.15, 0.2) is 30.3 Å². The second-order valence-corrected chi connectivity index (χ2v) is 4.58. The summed E-state index contributed by atoms with van der Waals surface area (Å²) in [5.41, 5.74) is -0.622. The molecule has 0 radical (unpaired) electrons. The lowest BCUT2D eigenvalue weighted by atomic mass is 10.1. The lowest BCUT2D eigenvalue weighted by molar-refractivity contribution is 0.0713. The van der Waals surface area contributed by atoms with Gasteiger partial charge >= 0.3 is 0 Å². The van der Waals surface area contributed by atoms with E-state index in [1.54, 1.807) is 0 Å². The van der Waals surface area contributed by atoms with E-state index in [2.05, 4.69) is 18.3 Å². The molecule has 0 amide bonds. The second-order valence-electron chi connectivity index (χ2n) is 4.58. The summed E-state index contributed by atoms with van der Waals surface area (Å²) in [5, 5.41) is 12.3. The van der Waals surface area contributed by atoms with E-state index in [9.17, 15) is 0 Å². The van der Waals surface area contributed by atoms with Gasteiger partial charge in [-0.05, 0) is 32.0 Å². The highest BCUT2D eigenvalue weighted by Crippen LogP contribution is 2.08. The van der Waals surface area contributed by atoms with Gasteiger partial charge in [0.1, 0.15) is 17.9 Å². The van der Waals surface area contributed by atoms with Crippen molar-refractivity contribution in [3.63, 3.8) is 0 Å². The fourth-order valence-corrected chi connectivity index (χ4v) is 1.54. The molecule has 0 saturated heterocycles. The van der Waals surface area contributed by atoms with Crippen molar-refractivity contribution < 1.29 is 9.47 Å². The first kappa shape index (κ1) is 15.5. The molecule has 0 bridgehead atoms. The molecule has 0 aliphatic carbocycles. The molecule has 104 valence electrons. The number of rotatable bonds is 9. The molecule has 1 unspecified atom stereocenters. The van der Waals surface area contributed by atoms with E-state index in [1.807, 2.05) is 37.3 Å². The van der Waals surface area contributed by atoms with Crippen molar-refractivity contribution in [1.82, 2.24) is 5.32 Å². The van der Waals surface area contributed by atoms with E-state index in [1.165, 1.54) is 0 Å². The molecule has 1 aromatic carbocycles. The molecule has 0 aliphatic heterocycles. The normalized spacial score (nSPS) is 13.5. The van der Waals surface area contributed by atoms with Gasteiger partial charge in [0.25, 0.3) is 0 Å². The smallest absolute Gasteiger partial charge is 0.127 e. The highest BCUT2D eigenvalue weighted by Gasteiger charge is 2.22. The van der Waals surface area contributed by atoms with Crippen LogP contribution in [-0.4, -0.2) is 31.9 Å². The Morgan fingerprint density at radius 2 is 2.00 bits per heavy atom. The lowest BCUT2D eigenvalue weighted by Crippen LogP contribution is -2.45.